The van der Waals surface area contributed by atoms with Crippen LogP contribution < -0.4 is 5.32 Å². The van der Waals surface area contributed by atoms with Crippen LogP contribution in [0.4, 0.5) is 0 Å². The minimum Gasteiger partial charge on any atom is -0.466 e. The maximum Gasteiger partial charge on any atom is 0.305 e. The van der Waals surface area contributed by atoms with Crippen LogP contribution in [-0.2, 0) is 14.3 Å². The SMILES string of the molecule is CCCCCCCCCCCCCCCCCC(O)C(CO)NC(=O)CCCCCCCCCCCC/C=C\CCCCCCCCCCCCCCOC(=O)CCCCCCCCCCCCCCC. The van der Waals surface area contributed by atoms with E-state index >= 15 is 0 Å². The molecule has 0 rings (SSSR count). The van der Waals surface area contributed by atoms with E-state index in [0.717, 1.165) is 38.5 Å². The predicted octanol–water partition coefficient (Wildman–Crippen LogP) is 20.4. The Morgan fingerprint density at radius 2 is 0.662 bits per heavy atom. The molecule has 6 nitrogen and oxygen atoms in total. The van der Waals surface area contributed by atoms with Gasteiger partial charge in [0, 0.05) is 12.8 Å². The molecule has 0 spiro atoms. The van der Waals surface area contributed by atoms with E-state index in [4.69, 9.17) is 4.74 Å². The van der Waals surface area contributed by atoms with Gasteiger partial charge < -0.3 is 20.3 Å². The highest BCUT2D eigenvalue weighted by Crippen LogP contribution is 2.18. The number of carbonyl (C=O) groups is 2. The Morgan fingerprint density at radius 3 is 1.00 bits per heavy atom. The van der Waals surface area contributed by atoms with E-state index in [-0.39, 0.29) is 18.5 Å². The average molecular weight is 1000 g/mol. The van der Waals surface area contributed by atoms with Crippen molar-refractivity contribution < 1.29 is 24.5 Å². The monoisotopic (exact) mass is 1000 g/mol. The maximum absolute atomic E-state index is 12.5. The molecule has 3 N–H and O–H groups in total. The molecule has 0 aliphatic heterocycles. The molecule has 0 aliphatic carbocycles. The molecule has 71 heavy (non-hydrogen) atoms. The minimum absolute atomic E-state index is 0.0166. The third-order valence-electron chi connectivity index (χ3n) is 15.3. The molecule has 0 saturated heterocycles. The van der Waals surface area contributed by atoms with Crippen molar-refractivity contribution in [1.29, 1.82) is 0 Å². The fraction of sp³-hybridized carbons (Fsp3) is 0.938. The van der Waals surface area contributed by atoms with Crippen molar-refractivity contribution in [1.82, 2.24) is 5.32 Å². The Bertz CT molecular complexity index is 1060. The summed E-state index contributed by atoms with van der Waals surface area (Å²) in [7, 11) is 0. The first-order chi connectivity index (χ1) is 35.0. The Kier molecular flexibility index (Phi) is 59.9. The van der Waals surface area contributed by atoms with Crippen LogP contribution in [0.5, 0.6) is 0 Å². The molecule has 1 amide bonds. The van der Waals surface area contributed by atoms with Crippen LogP contribution in [0.15, 0.2) is 12.2 Å². The number of nitrogens with one attached hydrogen (secondary N) is 1. The molecule has 2 atom stereocenters. The first kappa shape index (κ1) is 69.6. The van der Waals surface area contributed by atoms with Crippen LogP contribution in [0, 0.1) is 0 Å². The van der Waals surface area contributed by atoms with Gasteiger partial charge in [0.25, 0.3) is 0 Å². The Balaban J connectivity index is 3.37. The van der Waals surface area contributed by atoms with Gasteiger partial charge in [-0.05, 0) is 51.4 Å². The summed E-state index contributed by atoms with van der Waals surface area (Å²) in [5.74, 6) is -0.0175. The van der Waals surface area contributed by atoms with Crippen LogP contribution in [0.25, 0.3) is 0 Å². The predicted molar refractivity (Wildman–Crippen MR) is 310 cm³/mol. The summed E-state index contributed by atoms with van der Waals surface area (Å²) in [6.07, 6.45) is 73.8. The molecular formula is C65H127NO5. The number of allylic oxidation sites excluding steroid dienone is 2. The average Bonchev–Trinajstić information content (AvgIpc) is 3.37. The van der Waals surface area contributed by atoms with Crippen LogP contribution >= 0.6 is 0 Å². The first-order valence-corrected chi connectivity index (χ1v) is 32.4. The molecule has 2 unspecified atom stereocenters. The third-order valence-corrected chi connectivity index (χ3v) is 15.3. The van der Waals surface area contributed by atoms with Crippen LogP contribution in [0.1, 0.15) is 367 Å². The topological polar surface area (TPSA) is 95.9 Å². The summed E-state index contributed by atoms with van der Waals surface area (Å²) in [6, 6.07) is -0.542. The van der Waals surface area contributed by atoms with Crippen molar-refractivity contribution in [2.75, 3.05) is 13.2 Å². The molecule has 0 aliphatic rings. The van der Waals surface area contributed by atoms with E-state index in [1.807, 2.05) is 0 Å². The van der Waals surface area contributed by atoms with Gasteiger partial charge in [0.05, 0.1) is 25.4 Å². The summed E-state index contributed by atoms with van der Waals surface area (Å²) in [4.78, 5) is 24.5. The normalized spacial score (nSPS) is 12.6. The Hall–Kier alpha value is -1.40. The first-order valence-electron chi connectivity index (χ1n) is 32.4. The summed E-state index contributed by atoms with van der Waals surface area (Å²) >= 11 is 0. The van der Waals surface area contributed by atoms with Crippen molar-refractivity contribution in [2.45, 2.75) is 379 Å². The molecule has 0 heterocycles. The number of esters is 1. The van der Waals surface area contributed by atoms with Crippen LogP contribution in [-0.4, -0.2) is 47.4 Å². The molecule has 0 aromatic heterocycles. The second-order valence-corrected chi connectivity index (χ2v) is 22.5. The van der Waals surface area contributed by atoms with Gasteiger partial charge >= 0.3 is 5.97 Å². The van der Waals surface area contributed by atoms with E-state index in [1.54, 1.807) is 0 Å². The standard InChI is InChI=1S/C65H127NO5/c1-3-5-7-9-11-13-15-17-30-34-37-41-45-49-53-57-63(68)62(61-67)66-64(69)58-54-50-46-42-38-35-31-28-26-24-22-20-18-19-21-23-25-27-29-32-36-40-44-48-52-56-60-71-65(70)59-55-51-47-43-39-33-16-14-12-10-8-6-4-2/h18,20,62-63,67-68H,3-17,19,21-61H2,1-2H3,(H,66,69)/b20-18-. The fourth-order valence-electron chi connectivity index (χ4n) is 10.3. The molecule has 0 aromatic rings. The van der Waals surface area contributed by atoms with Gasteiger partial charge in [-0.25, -0.2) is 0 Å². The minimum atomic E-state index is -0.664. The number of amides is 1. The van der Waals surface area contributed by atoms with E-state index < -0.39 is 12.1 Å². The lowest BCUT2D eigenvalue weighted by Crippen LogP contribution is -2.45. The highest BCUT2D eigenvalue weighted by atomic mass is 16.5. The second kappa shape index (κ2) is 61.1. The van der Waals surface area contributed by atoms with Crippen molar-refractivity contribution in [3.05, 3.63) is 12.2 Å². The van der Waals surface area contributed by atoms with Gasteiger partial charge in [-0.15, -0.1) is 0 Å². The van der Waals surface area contributed by atoms with Crippen molar-refractivity contribution in [3.8, 4) is 0 Å². The van der Waals surface area contributed by atoms with Crippen molar-refractivity contribution >= 4 is 11.9 Å². The van der Waals surface area contributed by atoms with Gasteiger partial charge in [0.2, 0.25) is 5.91 Å². The lowest BCUT2D eigenvalue weighted by Gasteiger charge is -2.22. The maximum atomic E-state index is 12.5. The number of hydrogen-bond donors (Lipinski definition) is 3. The van der Waals surface area contributed by atoms with Crippen LogP contribution in [0.2, 0.25) is 0 Å². The van der Waals surface area contributed by atoms with E-state index in [0.29, 0.717) is 25.9 Å². The second-order valence-electron chi connectivity index (χ2n) is 22.5. The lowest BCUT2D eigenvalue weighted by atomic mass is 10.0. The molecule has 0 bridgehead atoms. The zero-order valence-electron chi connectivity index (χ0n) is 48.2. The van der Waals surface area contributed by atoms with E-state index in [9.17, 15) is 19.8 Å². The number of rotatable bonds is 61. The van der Waals surface area contributed by atoms with Gasteiger partial charge in [-0.2, -0.15) is 0 Å². The zero-order chi connectivity index (χ0) is 51.4. The van der Waals surface area contributed by atoms with Crippen molar-refractivity contribution in [2.24, 2.45) is 0 Å². The van der Waals surface area contributed by atoms with Crippen molar-refractivity contribution in [3.63, 3.8) is 0 Å². The highest BCUT2D eigenvalue weighted by Gasteiger charge is 2.20. The molecule has 0 radical (unpaired) electrons. The summed E-state index contributed by atoms with van der Waals surface area (Å²) in [5, 5.41) is 23.3. The molecule has 0 saturated carbocycles. The largest absolute Gasteiger partial charge is 0.466 e. The third kappa shape index (κ3) is 57.7. The Labute approximate surface area is 444 Å². The van der Waals surface area contributed by atoms with Crippen LogP contribution in [0.3, 0.4) is 0 Å². The lowest BCUT2D eigenvalue weighted by molar-refractivity contribution is -0.143. The summed E-state index contributed by atoms with van der Waals surface area (Å²) in [6.45, 7) is 4.98. The van der Waals surface area contributed by atoms with Gasteiger partial charge in [0.1, 0.15) is 0 Å². The van der Waals surface area contributed by atoms with Gasteiger partial charge in [-0.3, -0.25) is 9.59 Å². The molecular weight excluding hydrogens is 875 g/mol. The Morgan fingerprint density at radius 1 is 0.380 bits per heavy atom. The molecule has 422 valence electrons. The number of ether oxygens (including phenoxy) is 1. The molecule has 0 aromatic carbocycles. The summed E-state index contributed by atoms with van der Waals surface area (Å²) < 4.78 is 5.48. The quantitative estimate of drug-likeness (QED) is 0.0320. The van der Waals surface area contributed by atoms with E-state index in [2.05, 4.69) is 31.3 Å². The number of aliphatic hydroxyl groups is 2. The van der Waals surface area contributed by atoms with Gasteiger partial charge in [0.15, 0.2) is 0 Å². The fourth-order valence-corrected chi connectivity index (χ4v) is 10.3. The van der Waals surface area contributed by atoms with E-state index in [1.165, 1.54) is 295 Å². The summed E-state index contributed by atoms with van der Waals surface area (Å²) in [5.41, 5.74) is 0. The molecule has 0 fully saturated rings. The zero-order valence-corrected chi connectivity index (χ0v) is 48.2. The highest BCUT2D eigenvalue weighted by molar-refractivity contribution is 5.76. The number of hydrogen-bond acceptors (Lipinski definition) is 5. The smallest absolute Gasteiger partial charge is 0.305 e. The molecule has 6 heteroatoms. The number of unbranched alkanes of at least 4 members (excludes halogenated alkanes) is 48. The van der Waals surface area contributed by atoms with Gasteiger partial charge in [-0.1, -0.05) is 315 Å². The number of carbonyl (C=O) groups excluding carboxylic acids is 2. The number of aliphatic hydroxyl groups excluding tert-OH is 2.